The first kappa shape index (κ1) is 47.9. The number of carbonyl (C=O) groups is 1. The van der Waals surface area contributed by atoms with Gasteiger partial charge in [-0.1, -0.05) is 97.5 Å². The van der Waals surface area contributed by atoms with Gasteiger partial charge in [0.15, 0.2) is 11.6 Å². The Morgan fingerprint density at radius 3 is 2.28 bits per heavy atom. The SMILES string of the molecule is CCN(CCNS(C)(=O)=O)c1ccc(N2C(=O)Cc3ccccc3SC23C(C(C)(C)C)=Nn2nc(-c4ccc(NS(=O)Oc5cc(C(C)(C)CC(C)(C)C)ccc5C)cc4)nc23)c(C)c1. The molecule has 2 N–H and O–H groups in total. The van der Waals surface area contributed by atoms with Crippen molar-refractivity contribution < 1.29 is 21.6 Å². The Morgan fingerprint density at radius 1 is 0.923 bits per heavy atom. The summed E-state index contributed by atoms with van der Waals surface area (Å²) in [6, 6.07) is 27.5. The van der Waals surface area contributed by atoms with Crippen molar-refractivity contribution >= 4 is 61.7 Å². The van der Waals surface area contributed by atoms with Gasteiger partial charge in [0, 0.05) is 52.6 Å². The minimum Gasteiger partial charge on any atom is -0.385 e. The molecule has 0 saturated carbocycles. The molecule has 0 saturated heterocycles. The van der Waals surface area contributed by atoms with E-state index in [1.165, 1.54) is 0 Å². The molecule has 65 heavy (non-hydrogen) atoms. The van der Waals surface area contributed by atoms with Gasteiger partial charge in [0.05, 0.1) is 18.4 Å². The standard InChI is InChI=1S/C49H62N8O5S3/c1-13-55(27-26-50-65(12,60)61)38-24-25-39(33(3)28-38)56-42(58)29-35-16-14-15-17-41(35)63-49(56)44(47(7,8)9)53-57-45(49)51-43(52-57)34-19-22-37(23-20-34)54-64(59)62-40-30-36(21-18-32(40)2)48(10,11)31-46(4,5)6/h14-25,28,30,50,54H,13,26-27,29,31H2,1-12H3. The quantitative estimate of drug-likeness (QED) is 0.111. The fraction of sp³-hybridized carbons (Fsp3) is 0.429. The highest BCUT2D eigenvalue weighted by atomic mass is 32.2. The molecule has 4 aromatic carbocycles. The number of carbonyl (C=O) groups excluding carboxylic acids is 1. The number of hydrogen-bond acceptors (Lipinski definition) is 10. The number of aromatic nitrogens is 3. The van der Waals surface area contributed by atoms with Crippen molar-refractivity contribution in [3.8, 4) is 17.1 Å². The molecule has 0 bridgehead atoms. The van der Waals surface area contributed by atoms with Crippen LogP contribution in [0.3, 0.4) is 0 Å². The minimum atomic E-state index is -3.33. The van der Waals surface area contributed by atoms with E-state index in [0.29, 0.717) is 47.4 Å². The summed E-state index contributed by atoms with van der Waals surface area (Å²) in [6.45, 7) is 24.8. The average molecular weight is 939 g/mol. The Hall–Kier alpha value is -5.03. The van der Waals surface area contributed by atoms with Crippen LogP contribution in [0.4, 0.5) is 17.1 Å². The zero-order valence-corrected chi connectivity index (χ0v) is 42.0. The third kappa shape index (κ3) is 10.4. The number of benzene rings is 4. The largest absolute Gasteiger partial charge is 0.385 e. The van der Waals surface area contributed by atoms with Gasteiger partial charge in [-0.2, -0.15) is 9.31 Å². The van der Waals surface area contributed by atoms with Crippen LogP contribution < -0.4 is 23.4 Å². The number of sulfonamides is 1. The number of nitrogens with zero attached hydrogens (tertiary/aromatic N) is 6. The number of amides is 1. The molecule has 5 aromatic rings. The fourth-order valence-corrected chi connectivity index (χ4v) is 11.8. The van der Waals surface area contributed by atoms with Gasteiger partial charge in [-0.05, 0) is 115 Å². The molecular formula is C49H62N8O5S3. The highest BCUT2D eigenvalue weighted by molar-refractivity contribution is 8.01. The summed E-state index contributed by atoms with van der Waals surface area (Å²) in [4.78, 5) is 25.5. The third-order valence-corrected chi connectivity index (χ3v) is 14.6. The predicted molar refractivity (Wildman–Crippen MR) is 265 cm³/mol. The van der Waals surface area contributed by atoms with Crippen molar-refractivity contribution in [3.63, 3.8) is 0 Å². The first-order valence-electron chi connectivity index (χ1n) is 21.9. The minimum absolute atomic E-state index is 0.104. The summed E-state index contributed by atoms with van der Waals surface area (Å²) in [5.41, 5.74) is 6.94. The Bertz CT molecular complexity index is 2770. The molecule has 0 radical (unpaired) electrons. The molecular weight excluding hydrogens is 877 g/mol. The maximum atomic E-state index is 15.0. The van der Waals surface area contributed by atoms with Crippen LogP contribution in [0.25, 0.3) is 11.4 Å². The Morgan fingerprint density at radius 2 is 1.63 bits per heavy atom. The van der Waals surface area contributed by atoms with Crippen LogP contribution in [0, 0.1) is 24.7 Å². The highest BCUT2D eigenvalue weighted by Crippen LogP contribution is 2.56. The van der Waals surface area contributed by atoms with Crippen LogP contribution in [-0.2, 0) is 42.8 Å². The number of rotatable bonds is 14. The molecule has 2 aliphatic heterocycles. The van der Waals surface area contributed by atoms with E-state index in [0.717, 1.165) is 51.2 Å². The molecule has 3 heterocycles. The number of nitrogens with one attached hydrogen (secondary N) is 2. The van der Waals surface area contributed by atoms with Gasteiger partial charge in [0.25, 0.3) is 0 Å². The summed E-state index contributed by atoms with van der Waals surface area (Å²) in [6.07, 6.45) is 2.30. The van der Waals surface area contributed by atoms with Crippen molar-refractivity contribution in [2.45, 2.75) is 104 Å². The number of fused-ring (bicyclic) bond motifs is 3. The van der Waals surface area contributed by atoms with E-state index in [4.69, 9.17) is 19.4 Å². The number of anilines is 3. The number of thioether (sulfide) groups is 1. The molecule has 7 rings (SSSR count). The van der Waals surface area contributed by atoms with Gasteiger partial charge in [0.2, 0.25) is 20.8 Å². The van der Waals surface area contributed by atoms with Gasteiger partial charge >= 0.3 is 11.3 Å². The van der Waals surface area contributed by atoms with E-state index in [1.807, 2.05) is 105 Å². The lowest BCUT2D eigenvalue weighted by Crippen LogP contribution is -2.55. The number of aryl methyl sites for hydroxylation is 2. The average Bonchev–Trinajstić information content (AvgIpc) is 3.72. The second kappa shape index (κ2) is 18.0. The van der Waals surface area contributed by atoms with Crippen molar-refractivity contribution in [2.24, 2.45) is 15.9 Å². The maximum absolute atomic E-state index is 15.0. The van der Waals surface area contributed by atoms with Crippen molar-refractivity contribution in [1.29, 1.82) is 0 Å². The Balaban J connectivity index is 1.22. The number of likely N-dealkylation sites (N-methyl/N-ethyl adjacent to an activating group) is 1. The predicted octanol–water partition coefficient (Wildman–Crippen LogP) is 9.52. The lowest BCUT2D eigenvalue weighted by atomic mass is 9.72. The summed E-state index contributed by atoms with van der Waals surface area (Å²) >= 11 is -0.327. The molecule has 2 aliphatic rings. The normalized spacial score (nSPS) is 17.1. The Labute approximate surface area is 391 Å². The van der Waals surface area contributed by atoms with Gasteiger partial charge in [-0.25, -0.2) is 18.1 Å². The second-order valence-corrected chi connectivity index (χ2v) is 23.8. The molecule has 346 valence electrons. The van der Waals surface area contributed by atoms with Crippen LogP contribution in [-0.4, -0.2) is 65.0 Å². The summed E-state index contributed by atoms with van der Waals surface area (Å²) in [5.74, 6) is 1.37. The molecule has 0 aliphatic carbocycles. The van der Waals surface area contributed by atoms with E-state index >= 15 is 4.79 Å². The lowest BCUT2D eigenvalue weighted by molar-refractivity contribution is -0.118. The molecule has 1 aromatic heterocycles. The highest BCUT2D eigenvalue weighted by Gasteiger charge is 2.59. The Kier molecular flexibility index (Phi) is 13.3. The van der Waals surface area contributed by atoms with Crippen molar-refractivity contribution in [1.82, 2.24) is 19.6 Å². The monoisotopic (exact) mass is 938 g/mol. The first-order chi connectivity index (χ1) is 30.4. The molecule has 2 atom stereocenters. The van der Waals surface area contributed by atoms with Crippen LogP contribution in [0.1, 0.15) is 96.8 Å². The van der Waals surface area contributed by atoms with E-state index < -0.39 is 31.6 Å². The molecule has 0 fully saturated rings. The van der Waals surface area contributed by atoms with Gasteiger partial charge in [-0.15, -0.1) is 9.89 Å². The second-order valence-electron chi connectivity index (χ2n) is 19.9. The molecule has 1 amide bonds. The van der Waals surface area contributed by atoms with Gasteiger partial charge in [0.1, 0.15) is 5.75 Å². The smallest absolute Gasteiger partial charge is 0.316 e. The van der Waals surface area contributed by atoms with Crippen LogP contribution >= 0.6 is 11.8 Å². The third-order valence-electron chi connectivity index (χ3n) is 11.6. The van der Waals surface area contributed by atoms with E-state index in [-0.39, 0.29) is 29.7 Å². The van der Waals surface area contributed by atoms with E-state index in [1.54, 1.807) is 16.6 Å². The van der Waals surface area contributed by atoms with E-state index in [9.17, 15) is 12.6 Å². The molecule has 2 unspecified atom stereocenters. The first-order valence-corrected chi connectivity index (χ1v) is 25.7. The molecule has 13 nitrogen and oxygen atoms in total. The molecule has 16 heteroatoms. The summed E-state index contributed by atoms with van der Waals surface area (Å²) < 4.78 is 48.5. The summed E-state index contributed by atoms with van der Waals surface area (Å²) in [7, 11) is -3.33. The fourth-order valence-electron chi connectivity index (χ4n) is 8.96. The summed E-state index contributed by atoms with van der Waals surface area (Å²) in [5, 5.41) is 10.1. The van der Waals surface area contributed by atoms with Crippen molar-refractivity contribution in [3.05, 3.63) is 113 Å². The van der Waals surface area contributed by atoms with E-state index in [2.05, 4.69) is 75.8 Å². The van der Waals surface area contributed by atoms with Crippen LogP contribution in [0.2, 0.25) is 0 Å². The molecule has 1 spiro atoms. The van der Waals surface area contributed by atoms with Crippen molar-refractivity contribution in [2.75, 3.05) is 40.4 Å². The van der Waals surface area contributed by atoms with Gasteiger partial charge in [-0.3, -0.25) is 14.4 Å². The zero-order valence-electron chi connectivity index (χ0n) is 39.6. The van der Waals surface area contributed by atoms with Crippen LogP contribution in [0.5, 0.6) is 5.75 Å². The zero-order chi connectivity index (χ0) is 47.3. The maximum Gasteiger partial charge on any atom is 0.316 e. The van der Waals surface area contributed by atoms with Crippen LogP contribution in [0.15, 0.2) is 94.9 Å². The topological polar surface area (TPSA) is 151 Å². The van der Waals surface area contributed by atoms with Gasteiger partial charge < -0.3 is 9.08 Å². The lowest BCUT2D eigenvalue weighted by Gasteiger charge is -2.42. The number of hydrogen-bond donors (Lipinski definition) is 2.